The lowest BCUT2D eigenvalue weighted by molar-refractivity contribution is 0.311. The van der Waals surface area contributed by atoms with E-state index in [1.807, 2.05) is 23.4 Å². The molecule has 1 aromatic carbocycles. The first-order chi connectivity index (χ1) is 12.6. The Bertz CT molecular complexity index is 1100. The van der Waals surface area contributed by atoms with Gasteiger partial charge in [-0.3, -0.25) is 14.8 Å². The smallest absolute Gasteiger partial charge is 0.268 e. The van der Waals surface area contributed by atoms with Gasteiger partial charge in [0.15, 0.2) is 0 Å². The third kappa shape index (κ3) is 3.29. The Morgan fingerprint density at radius 1 is 1.19 bits per heavy atom. The highest BCUT2D eigenvalue weighted by Gasteiger charge is 2.12. The van der Waals surface area contributed by atoms with E-state index in [1.54, 1.807) is 18.3 Å². The molecule has 6 nitrogen and oxygen atoms in total. The molecule has 3 heterocycles. The summed E-state index contributed by atoms with van der Waals surface area (Å²) in [6.07, 6.45) is 1.76. The van der Waals surface area contributed by atoms with Gasteiger partial charge in [-0.1, -0.05) is 0 Å². The number of benzene rings is 1. The molecule has 0 saturated heterocycles. The quantitative estimate of drug-likeness (QED) is 0.567. The Labute approximate surface area is 152 Å². The maximum Gasteiger partial charge on any atom is 0.268 e. The highest BCUT2D eigenvalue weighted by molar-refractivity contribution is 7.17. The van der Waals surface area contributed by atoms with E-state index in [1.165, 1.54) is 23.5 Å². The van der Waals surface area contributed by atoms with Crippen LogP contribution in [0.2, 0.25) is 0 Å². The lowest BCUT2D eigenvalue weighted by atomic mass is 10.1. The fourth-order valence-corrected chi connectivity index (χ4v) is 3.62. The summed E-state index contributed by atoms with van der Waals surface area (Å²) in [7, 11) is 1.94. The highest BCUT2D eigenvalue weighted by atomic mass is 32.1. The predicted molar refractivity (Wildman–Crippen MR) is 99.4 cm³/mol. The van der Waals surface area contributed by atoms with E-state index in [9.17, 15) is 9.18 Å². The van der Waals surface area contributed by atoms with Crippen molar-refractivity contribution in [1.82, 2.24) is 25.1 Å². The van der Waals surface area contributed by atoms with E-state index in [2.05, 4.69) is 20.2 Å². The summed E-state index contributed by atoms with van der Waals surface area (Å²) in [6.45, 7) is 1.10. The molecule has 0 radical (unpaired) electrons. The number of halogens is 1. The molecule has 0 spiro atoms. The number of aromatic amines is 2. The fraction of sp³-hybridized carbons (Fsp3) is 0.167. The first-order valence-electron chi connectivity index (χ1n) is 8.03. The number of nitrogens with one attached hydrogen (secondary N) is 2. The molecule has 0 fully saturated rings. The van der Waals surface area contributed by atoms with Gasteiger partial charge in [-0.2, -0.15) is 5.10 Å². The van der Waals surface area contributed by atoms with Crippen LogP contribution in [0.4, 0.5) is 4.39 Å². The van der Waals surface area contributed by atoms with Crippen LogP contribution in [0.1, 0.15) is 11.4 Å². The summed E-state index contributed by atoms with van der Waals surface area (Å²) < 4.78 is 13.8. The zero-order chi connectivity index (χ0) is 18.1. The van der Waals surface area contributed by atoms with Crippen molar-refractivity contribution in [3.05, 3.63) is 69.5 Å². The zero-order valence-corrected chi connectivity index (χ0v) is 14.8. The molecule has 0 aliphatic heterocycles. The Hall–Kier alpha value is -2.84. The van der Waals surface area contributed by atoms with Crippen LogP contribution in [0, 0.1) is 5.82 Å². The molecule has 8 heteroatoms. The van der Waals surface area contributed by atoms with E-state index >= 15 is 0 Å². The fourth-order valence-electron chi connectivity index (χ4n) is 2.90. The lowest BCUT2D eigenvalue weighted by Crippen LogP contribution is -2.21. The number of hydrogen-bond acceptors (Lipinski definition) is 5. The largest absolute Gasteiger partial charge is 0.308 e. The molecule has 0 saturated carbocycles. The van der Waals surface area contributed by atoms with Crippen molar-refractivity contribution < 1.29 is 4.39 Å². The monoisotopic (exact) mass is 369 g/mol. The lowest BCUT2D eigenvalue weighted by Gasteiger charge is -2.16. The summed E-state index contributed by atoms with van der Waals surface area (Å²) in [5, 5.41) is 8.94. The Balaban J connectivity index is 1.53. The number of thiophene rings is 1. The van der Waals surface area contributed by atoms with Crippen LogP contribution in [0.25, 0.3) is 21.5 Å². The topological polar surface area (TPSA) is 77.7 Å². The third-order valence-corrected chi connectivity index (χ3v) is 4.98. The van der Waals surface area contributed by atoms with Crippen molar-refractivity contribution in [2.75, 3.05) is 7.05 Å². The Morgan fingerprint density at radius 2 is 2.00 bits per heavy atom. The van der Waals surface area contributed by atoms with E-state index in [0.29, 0.717) is 23.6 Å². The first-order valence-corrected chi connectivity index (χ1v) is 8.91. The second kappa shape index (κ2) is 6.81. The predicted octanol–water partition coefficient (Wildman–Crippen LogP) is 3.15. The van der Waals surface area contributed by atoms with Gasteiger partial charge >= 0.3 is 0 Å². The second-order valence-corrected chi connectivity index (χ2v) is 7.01. The van der Waals surface area contributed by atoms with Crippen LogP contribution >= 0.6 is 11.3 Å². The molecule has 132 valence electrons. The molecule has 0 amide bonds. The first kappa shape index (κ1) is 16.6. The van der Waals surface area contributed by atoms with Gasteiger partial charge in [-0.05, 0) is 42.8 Å². The van der Waals surface area contributed by atoms with Gasteiger partial charge in [0, 0.05) is 17.7 Å². The molecule has 0 aliphatic carbocycles. The summed E-state index contributed by atoms with van der Waals surface area (Å²) >= 11 is 1.39. The summed E-state index contributed by atoms with van der Waals surface area (Å²) in [5.74, 6) is 0.348. The maximum atomic E-state index is 13.1. The van der Waals surface area contributed by atoms with Crippen LogP contribution in [0.5, 0.6) is 0 Å². The van der Waals surface area contributed by atoms with Crippen LogP contribution in [0.15, 0.2) is 46.7 Å². The number of fused-ring (bicyclic) bond motifs is 1. The molecule has 4 rings (SSSR count). The number of H-pyrrole nitrogens is 2. The van der Waals surface area contributed by atoms with Gasteiger partial charge in [-0.25, -0.2) is 9.37 Å². The Morgan fingerprint density at radius 3 is 2.81 bits per heavy atom. The van der Waals surface area contributed by atoms with Gasteiger partial charge in [-0.15, -0.1) is 11.3 Å². The maximum absolute atomic E-state index is 13.1. The van der Waals surface area contributed by atoms with Crippen LogP contribution in [0.3, 0.4) is 0 Å². The average molecular weight is 369 g/mol. The van der Waals surface area contributed by atoms with Crippen LogP contribution in [-0.4, -0.2) is 32.1 Å². The molecule has 2 N–H and O–H groups in total. The zero-order valence-electron chi connectivity index (χ0n) is 14.0. The molecule has 0 atom stereocenters. The molecule has 26 heavy (non-hydrogen) atoms. The summed E-state index contributed by atoms with van der Waals surface area (Å²) in [6, 6.07) is 8.13. The van der Waals surface area contributed by atoms with Crippen molar-refractivity contribution in [2.24, 2.45) is 0 Å². The molecular weight excluding hydrogens is 353 g/mol. The SMILES string of the molecule is CN(Cc1nc2ccsc2c(=O)[nH]1)Cc1cn[nH]c1-c1ccc(F)cc1. The van der Waals surface area contributed by atoms with Gasteiger partial charge in [0.25, 0.3) is 5.56 Å². The summed E-state index contributed by atoms with van der Waals surface area (Å²) in [4.78, 5) is 21.5. The van der Waals surface area contributed by atoms with E-state index in [0.717, 1.165) is 22.3 Å². The van der Waals surface area contributed by atoms with E-state index < -0.39 is 0 Å². The third-order valence-electron chi connectivity index (χ3n) is 4.07. The van der Waals surface area contributed by atoms with Gasteiger partial charge < -0.3 is 4.98 Å². The molecule has 0 aliphatic rings. The highest BCUT2D eigenvalue weighted by Crippen LogP contribution is 2.22. The molecule has 0 unspecified atom stereocenters. The van der Waals surface area contributed by atoms with Crippen molar-refractivity contribution in [3.63, 3.8) is 0 Å². The van der Waals surface area contributed by atoms with Gasteiger partial charge in [0.1, 0.15) is 16.3 Å². The van der Waals surface area contributed by atoms with Crippen LogP contribution in [-0.2, 0) is 13.1 Å². The van der Waals surface area contributed by atoms with Gasteiger partial charge in [0.05, 0.1) is 24.0 Å². The van der Waals surface area contributed by atoms with Crippen LogP contribution < -0.4 is 5.56 Å². The molecular formula is C18H16FN5OS. The molecule has 0 bridgehead atoms. The number of aromatic nitrogens is 4. The minimum atomic E-state index is -0.272. The standard InChI is InChI=1S/C18H16FN5OS/c1-24(10-15-21-14-6-7-26-17(14)18(25)22-15)9-12-8-20-23-16(12)11-2-4-13(19)5-3-11/h2-8H,9-10H2,1H3,(H,20,23)(H,21,22,25). The molecule has 4 aromatic rings. The average Bonchev–Trinajstić information content (AvgIpc) is 3.25. The normalized spacial score (nSPS) is 11.5. The summed E-state index contributed by atoms with van der Waals surface area (Å²) in [5.41, 5.74) is 3.32. The number of hydrogen-bond donors (Lipinski definition) is 2. The second-order valence-electron chi connectivity index (χ2n) is 6.10. The van der Waals surface area contributed by atoms with Crippen molar-refractivity contribution in [3.8, 4) is 11.3 Å². The number of rotatable bonds is 5. The van der Waals surface area contributed by atoms with E-state index in [4.69, 9.17) is 0 Å². The Kier molecular flexibility index (Phi) is 4.36. The van der Waals surface area contributed by atoms with E-state index in [-0.39, 0.29) is 11.4 Å². The number of nitrogens with zero attached hydrogens (tertiary/aromatic N) is 3. The molecule has 3 aromatic heterocycles. The van der Waals surface area contributed by atoms with Gasteiger partial charge in [0.2, 0.25) is 0 Å². The van der Waals surface area contributed by atoms with Crippen molar-refractivity contribution in [2.45, 2.75) is 13.1 Å². The minimum Gasteiger partial charge on any atom is -0.308 e. The van der Waals surface area contributed by atoms with Crippen molar-refractivity contribution in [1.29, 1.82) is 0 Å². The van der Waals surface area contributed by atoms with Crippen molar-refractivity contribution >= 4 is 21.6 Å². The minimum absolute atomic E-state index is 0.108.